The number of hydrogen-bond acceptors (Lipinski definition) is 6. The Morgan fingerprint density at radius 1 is 1.19 bits per heavy atom. The smallest absolute Gasteiger partial charge is 0.224 e. The van der Waals surface area contributed by atoms with Crippen molar-refractivity contribution in [2.24, 2.45) is 0 Å². The highest BCUT2D eigenvalue weighted by molar-refractivity contribution is 5.78. The standard InChI is InChI=1S/C17H16N8O/c1-12-21-22-23-25(12)14-4-2-13(3-5-14)8-17(26)20-10-15-9-19-16-11-18-6-7-24(15)16/h2-7,9,11H,8,10H2,1H3,(H,20,26). The molecule has 3 aromatic heterocycles. The zero-order valence-electron chi connectivity index (χ0n) is 14.1. The molecule has 4 rings (SSSR count). The highest BCUT2D eigenvalue weighted by Crippen LogP contribution is 2.10. The van der Waals surface area contributed by atoms with E-state index >= 15 is 0 Å². The first kappa shape index (κ1) is 15.9. The van der Waals surface area contributed by atoms with Gasteiger partial charge in [0.1, 0.15) is 0 Å². The van der Waals surface area contributed by atoms with Gasteiger partial charge in [0.2, 0.25) is 5.91 Å². The number of aryl methyl sites for hydroxylation is 1. The van der Waals surface area contributed by atoms with Gasteiger partial charge in [-0.05, 0) is 35.0 Å². The average Bonchev–Trinajstić information content (AvgIpc) is 3.27. The summed E-state index contributed by atoms with van der Waals surface area (Å²) in [5, 5.41) is 14.3. The van der Waals surface area contributed by atoms with Gasteiger partial charge >= 0.3 is 0 Å². The van der Waals surface area contributed by atoms with E-state index in [0.29, 0.717) is 18.8 Å². The molecule has 0 saturated heterocycles. The number of aromatic nitrogens is 7. The Morgan fingerprint density at radius 3 is 2.81 bits per heavy atom. The molecule has 4 aromatic rings. The summed E-state index contributed by atoms with van der Waals surface area (Å²) in [4.78, 5) is 20.5. The lowest BCUT2D eigenvalue weighted by Gasteiger charge is -2.07. The first-order valence-corrected chi connectivity index (χ1v) is 8.07. The second-order valence-electron chi connectivity index (χ2n) is 5.81. The minimum atomic E-state index is -0.0552. The Kier molecular flexibility index (Phi) is 4.10. The van der Waals surface area contributed by atoms with Gasteiger partial charge in [-0.1, -0.05) is 12.1 Å². The van der Waals surface area contributed by atoms with Crippen molar-refractivity contribution in [1.29, 1.82) is 0 Å². The fraction of sp³-hybridized carbons (Fsp3) is 0.176. The van der Waals surface area contributed by atoms with Crippen LogP contribution in [-0.2, 0) is 17.8 Å². The molecule has 26 heavy (non-hydrogen) atoms. The van der Waals surface area contributed by atoms with E-state index in [0.717, 1.165) is 22.6 Å². The summed E-state index contributed by atoms with van der Waals surface area (Å²) in [5.41, 5.74) is 3.43. The van der Waals surface area contributed by atoms with Gasteiger partial charge in [-0.3, -0.25) is 14.2 Å². The van der Waals surface area contributed by atoms with Gasteiger partial charge < -0.3 is 5.32 Å². The summed E-state index contributed by atoms with van der Waals surface area (Å²) in [6, 6.07) is 7.58. The lowest BCUT2D eigenvalue weighted by Crippen LogP contribution is -2.25. The van der Waals surface area contributed by atoms with E-state index < -0.39 is 0 Å². The van der Waals surface area contributed by atoms with Gasteiger partial charge in [-0.25, -0.2) is 4.98 Å². The third-order valence-corrected chi connectivity index (χ3v) is 4.03. The largest absolute Gasteiger partial charge is 0.350 e. The number of amides is 1. The predicted octanol–water partition coefficient (Wildman–Crippen LogP) is 0.872. The number of tetrazole rings is 1. The number of hydrogen-bond donors (Lipinski definition) is 1. The first-order chi connectivity index (χ1) is 12.7. The highest BCUT2D eigenvalue weighted by Gasteiger charge is 2.08. The molecule has 1 aromatic carbocycles. The molecular weight excluding hydrogens is 332 g/mol. The molecule has 0 bridgehead atoms. The number of rotatable bonds is 5. The van der Waals surface area contributed by atoms with Gasteiger partial charge in [-0.15, -0.1) is 5.10 Å². The van der Waals surface area contributed by atoms with Crippen molar-refractivity contribution in [2.75, 3.05) is 0 Å². The second-order valence-corrected chi connectivity index (χ2v) is 5.81. The van der Waals surface area contributed by atoms with Crippen LogP contribution in [0.2, 0.25) is 0 Å². The first-order valence-electron chi connectivity index (χ1n) is 8.07. The third kappa shape index (κ3) is 3.14. The molecule has 130 valence electrons. The fourth-order valence-electron chi connectivity index (χ4n) is 2.69. The monoisotopic (exact) mass is 348 g/mol. The summed E-state index contributed by atoms with van der Waals surface area (Å²) >= 11 is 0. The van der Waals surface area contributed by atoms with Gasteiger partial charge in [0.25, 0.3) is 0 Å². The Hall–Kier alpha value is -3.62. The minimum absolute atomic E-state index is 0.0552. The Labute approximate surface area is 148 Å². The number of nitrogens with zero attached hydrogens (tertiary/aromatic N) is 7. The topological polar surface area (TPSA) is 103 Å². The molecule has 9 heteroatoms. The maximum absolute atomic E-state index is 12.2. The molecule has 1 N–H and O–H groups in total. The van der Waals surface area contributed by atoms with Crippen molar-refractivity contribution in [3.05, 3.63) is 66.1 Å². The van der Waals surface area contributed by atoms with Crippen molar-refractivity contribution in [3.63, 3.8) is 0 Å². The zero-order chi connectivity index (χ0) is 17.9. The normalized spacial score (nSPS) is 11.0. The van der Waals surface area contributed by atoms with Crippen LogP contribution < -0.4 is 5.32 Å². The van der Waals surface area contributed by atoms with E-state index in [1.807, 2.05) is 41.8 Å². The summed E-state index contributed by atoms with van der Waals surface area (Å²) in [7, 11) is 0. The molecule has 0 fully saturated rings. The summed E-state index contributed by atoms with van der Waals surface area (Å²) < 4.78 is 3.54. The summed E-state index contributed by atoms with van der Waals surface area (Å²) in [6.07, 6.45) is 7.23. The van der Waals surface area contributed by atoms with Gasteiger partial charge in [0.15, 0.2) is 11.5 Å². The van der Waals surface area contributed by atoms with Crippen LogP contribution in [0.15, 0.2) is 49.1 Å². The van der Waals surface area contributed by atoms with Crippen LogP contribution in [0.3, 0.4) is 0 Å². The number of fused-ring (bicyclic) bond motifs is 1. The van der Waals surface area contributed by atoms with E-state index in [1.54, 1.807) is 23.3 Å². The van der Waals surface area contributed by atoms with Crippen molar-refractivity contribution >= 4 is 11.6 Å². The predicted molar refractivity (Wildman–Crippen MR) is 92.4 cm³/mol. The van der Waals surface area contributed by atoms with Crippen LogP contribution >= 0.6 is 0 Å². The van der Waals surface area contributed by atoms with Crippen LogP contribution in [0.25, 0.3) is 11.3 Å². The fourth-order valence-corrected chi connectivity index (χ4v) is 2.69. The zero-order valence-corrected chi connectivity index (χ0v) is 14.1. The van der Waals surface area contributed by atoms with E-state index in [1.165, 1.54) is 0 Å². The van der Waals surface area contributed by atoms with Crippen LogP contribution in [-0.4, -0.2) is 40.5 Å². The SMILES string of the molecule is Cc1nnnn1-c1ccc(CC(=O)NCc2cnc3cnccn23)cc1. The van der Waals surface area contributed by atoms with Crippen LogP contribution in [0.1, 0.15) is 17.1 Å². The molecule has 0 aliphatic carbocycles. The van der Waals surface area contributed by atoms with E-state index in [2.05, 4.69) is 30.8 Å². The van der Waals surface area contributed by atoms with Crippen LogP contribution in [0, 0.1) is 6.92 Å². The van der Waals surface area contributed by atoms with Crippen molar-refractivity contribution in [2.45, 2.75) is 19.9 Å². The molecule has 0 radical (unpaired) electrons. The Morgan fingerprint density at radius 2 is 2.04 bits per heavy atom. The molecule has 9 nitrogen and oxygen atoms in total. The average molecular weight is 348 g/mol. The molecule has 0 aliphatic heterocycles. The van der Waals surface area contributed by atoms with E-state index in [4.69, 9.17) is 0 Å². The van der Waals surface area contributed by atoms with Crippen LogP contribution in [0.5, 0.6) is 0 Å². The maximum atomic E-state index is 12.2. The lowest BCUT2D eigenvalue weighted by atomic mass is 10.1. The Bertz CT molecular complexity index is 1050. The lowest BCUT2D eigenvalue weighted by molar-refractivity contribution is -0.120. The Balaban J connectivity index is 1.38. The molecule has 0 spiro atoms. The van der Waals surface area contributed by atoms with Crippen molar-refractivity contribution in [1.82, 2.24) is 39.9 Å². The second kappa shape index (κ2) is 6.71. The number of imidazole rings is 1. The molecule has 1 amide bonds. The molecule has 0 atom stereocenters. The van der Waals surface area contributed by atoms with Gasteiger partial charge in [0, 0.05) is 12.4 Å². The highest BCUT2D eigenvalue weighted by atomic mass is 16.1. The number of benzene rings is 1. The summed E-state index contributed by atoms with van der Waals surface area (Å²) in [5.74, 6) is 0.652. The van der Waals surface area contributed by atoms with Crippen LogP contribution in [0.4, 0.5) is 0 Å². The number of carbonyl (C=O) groups is 1. The maximum Gasteiger partial charge on any atom is 0.224 e. The van der Waals surface area contributed by atoms with Gasteiger partial charge in [0.05, 0.1) is 36.7 Å². The number of carbonyl (C=O) groups excluding carboxylic acids is 1. The summed E-state index contributed by atoms with van der Waals surface area (Å²) in [6.45, 7) is 2.24. The molecule has 0 saturated carbocycles. The number of nitrogens with one attached hydrogen (secondary N) is 1. The molecule has 0 unspecified atom stereocenters. The third-order valence-electron chi connectivity index (χ3n) is 4.03. The van der Waals surface area contributed by atoms with Gasteiger partial charge in [-0.2, -0.15) is 4.68 Å². The molecule has 0 aliphatic rings. The van der Waals surface area contributed by atoms with Crippen molar-refractivity contribution in [3.8, 4) is 5.69 Å². The molecular formula is C17H16N8O. The van der Waals surface area contributed by atoms with Crippen molar-refractivity contribution < 1.29 is 4.79 Å². The van der Waals surface area contributed by atoms with E-state index in [-0.39, 0.29) is 5.91 Å². The quantitative estimate of drug-likeness (QED) is 0.574. The molecule has 3 heterocycles. The minimum Gasteiger partial charge on any atom is -0.350 e. The van der Waals surface area contributed by atoms with E-state index in [9.17, 15) is 4.79 Å².